The first kappa shape index (κ1) is 15.1. The summed E-state index contributed by atoms with van der Waals surface area (Å²) in [5.74, 6) is -0.298. The first-order valence-electron chi connectivity index (χ1n) is 6.22. The van der Waals surface area contributed by atoms with Gasteiger partial charge in [-0.15, -0.1) is 0 Å². The van der Waals surface area contributed by atoms with Gasteiger partial charge in [0.2, 0.25) is 0 Å². The van der Waals surface area contributed by atoms with Gasteiger partial charge >= 0.3 is 0 Å². The van der Waals surface area contributed by atoms with E-state index in [2.05, 4.69) is 10.6 Å². The summed E-state index contributed by atoms with van der Waals surface area (Å²) in [4.78, 5) is 22.4. The number of nitro groups is 1. The van der Waals surface area contributed by atoms with Crippen LogP contribution in [0.1, 0.15) is 29.8 Å². The summed E-state index contributed by atoms with van der Waals surface area (Å²) in [5, 5.41) is 16.7. The summed E-state index contributed by atoms with van der Waals surface area (Å²) in [7, 11) is 1.80. The number of rotatable bonds is 6. The Morgan fingerprint density at radius 3 is 2.68 bits per heavy atom. The van der Waals surface area contributed by atoms with Crippen molar-refractivity contribution in [3.05, 3.63) is 39.4 Å². The third kappa shape index (κ3) is 4.03. The van der Waals surface area contributed by atoms with Gasteiger partial charge < -0.3 is 10.6 Å². The second kappa shape index (κ2) is 6.84. The smallest absolute Gasteiger partial charge is 0.273 e. The molecule has 0 aromatic heterocycles. The number of nitro benzene ring substituents is 1. The fourth-order valence-corrected chi connectivity index (χ4v) is 1.62. The zero-order valence-electron chi connectivity index (χ0n) is 11.4. The largest absolute Gasteiger partial charge is 0.350 e. The predicted octanol–water partition coefficient (Wildman–Crippen LogP) is 1.49. The van der Waals surface area contributed by atoms with Gasteiger partial charge in [0, 0.05) is 29.8 Å². The van der Waals surface area contributed by atoms with Crippen LogP contribution in [0.15, 0.2) is 18.2 Å². The Morgan fingerprint density at radius 1 is 1.47 bits per heavy atom. The molecular weight excluding hydrogens is 246 g/mol. The van der Waals surface area contributed by atoms with Gasteiger partial charge in [0.1, 0.15) is 0 Å². The van der Waals surface area contributed by atoms with Crippen LogP contribution in [-0.4, -0.2) is 30.5 Å². The van der Waals surface area contributed by atoms with Crippen molar-refractivity contribution in [1.82, 2.24) is 10.6 Å². The second-order valence-corrected chi connectivity index (χ2v) is 4.35. The van der Waals surface area contributed by atoms with Crippen LogP contribution in [0.25, 0.3) is 0 Å². The maximum atomic E-state index is 11.9. The Balaban J connectivity index is 2.86. The molecule has 6 nitrogen and oxygen atoms in total. The van der Waals surface area contributed by atoms with Crippen LogP contribution >= 0.6 is 0 Å². The molecule has 0 saturated carbocycles. The van der Waals surface area contributed by atoms with Crippen molar-refractivity contribution in [1.29, 1.82) is 0 Å². The van der Waals surface area contributed by atoms with E-state index in [1.807, 2.05) is 13.8 Å². The van der Waals surface area contributed by atoms with Crippen LogP contribution < -0.4 is 10.6 Å². The number of carbonyl (C=O) groups is 1. The number of likely N-dealkylation sites (N-methyl/N-ethyl adjacent to an activating group) is 1. The summed E-state index contributed by atoms with van der Waals surface area (Å²) in [5.41, 5.74) is 0.939. The number of nitrogens with zero attached hydrogens (tertiary/aromatic N) is 1. The fraction of sp³-hybridized carbons (Fsp3) is 0.462. The molecule has 1 rings (SSSR count). The fourth-order valence-electron chi connectivity index (χ4n) is 1.62. The van der Waals surface area contributed by atoms with E-state index in [0.717, 1.165) is 0 Å². The van der Waals surface area contributed by atoms with Crippen LogP contribution in [0.2, 0.25) is 0 Å². The first-order chi connectivity index (χ1) is 8.99. The number of nitrogens with one attached hydrogen (secondary N) is 2. The Labute approximate surface area is 112 Å². The Bertz CT molecular complexity index is 474. The number of hydrogen-bond donors (Lipinski definition) is 2. The van der Waals surface area contributed by atoms with E-state index in [9.17, 15) is 14.9 Å². The predicted molar refractivity (Wildman–Crippen MR) is 73.3 cm³/mol. The van der Waals surface area contributed by atoms with E-state index in [4.69, 9.17) is 0 Å². The summed E-state index contributed by atoms with van der Waals surface area (Å²) >= 11 is 0. The zero-order chi connectivity index (χ0) is 14.4. The molecule has 0 bridgehead atoms. The van der Waals surface area contributed by atoms with Gasteiger partial charge in [-0.25, -0.2) is 0 Å². The van der Waals surface area contributed by atoms with E-state index in [1.165, 1.54) is 6.07 Å². The molecule has 1 amide bonds. The minimum Gasteiger partial charge on any atom is -0.350 e. The molecule has 0 aliphatic carbocycles. The van der Waals surface area contributed by atoms with Crippen molar-refractivity contribution < 1.29 is 9.72 Å². The maximum Gasteiger partial charge on any atom is 0.273 e. The van der Waals surface area contributed by atoms with Gasteiger partial charge in [0.05, 0.1) is 4.92 Å². The van der Waals surface area contributed by atoms with Crippen LogP contribution in [0.3, 0.4) is 0 Å². The average Bonchev–Trinajstić information content (AvgIpc) is 2.43. The number of hydrogen-bond acceptors (Lipinski definition) is 4. The third-order valence-electron chi connectivity index (χ3n) is 2.99. The van der Waals surface area contributed by atoms with E-state index < -0.39 is 4.92 Å². The van der Waals surface area contributed by atoms with Crippen molar-refractivity contribution in [2.24, 2.45) is 0 Å². The molecular formula is C13H19N3O3. The van der Waals surface area contributed by atoms with Gasteiger partial charge in [0.15, 0.2) is 0 Å². The first-order valence-corrected chi connectivity index (χ1v) is 6.22. The molecule has 6 heteroatoms. The molecule has 0 spiro atoms. The van der Waals surface area contributed by atoms with Crippen LogP contribution in [0.4, 0.5) is 5.69 Å². The lowest BCUT2D eigenvalue weighted by atomic mass is 10.1. The van der Waals surface area contributed by atoms with E-state index >= 15 is 0 Å². The van der Waals surface area contributed by atoms with E-state index in [1.54, 1.807) is 19.2 Å². The van der Waals surface area contributed by atoms with Crippen molar-refractivity contribution in [3.63, 3.8) is 0 Å². The van der Waals surface area contributed by atoms with Gasteiger partial charge in [-0.3, -0.25) is 14.9 Å². The molecule has 1 aromatic carbocycles. The van der Waals surface area contributed by atoms with Gasteiger partial charge in [-0.05, 0) is 26.5 Å². The number of carbonyl (C=O) groups excluding carboxylic acids is 1. The lowest BCUT2D eigenvalue weighted by molar-refractivity contribution is -0.385. The number of aryl methyl sites for hydroxylation is 1. The minimum atomic E-state index is -0.453. The highest BCUT2D eigenvalue weighted by atomic mass is 16.6. The quantitative estimate of drug-likeness (QED) is 0.603. The van der Waals surface area contributed by atoms with Gasteiger partial charge in [0.25, 0.3) is 11.6 Å². The number of benzene rings is 1. The van der Waals surface area contributed by atoms with Crippen LogP contribution in [-0.2, 0) is 6.42 Å². The van der Waals surface area contributed by atoms with Crippen molar-refractivity contribution in [2.45, 2.75) is 26.3 Å². The minimum absolute atomic E-state index is 0.00295. The molecule has 1 atom stereocenters. The highest BCUT2D eigenvalue weighted by molar-refractivity contribution is 5.95. The molecule has 0 aliphatic rings. The molecule has 0 heterocycles. The normalized spacial score (nSPS) is 11.9. The molecule has 19 heavy (non-hydrogen) atoms. The molecule has 1 aromatic rings. The maximum absolute atomic E-state index is 11.9. The standard InChI is InChI=1S/C13H19N3O3/c1-4-10-5-6-11(7-12(10)16(18)19)13(17)15-8-9(2)14-3/h5-7,9,14H,4,8H2,1-3H3,(H,15,17). The van der Waals surface area contributed by atoms with Crippen molar-refractivity contribution >= 4 is 11.6 Å². The molecule has 0 aliphatic heterocycles. The summed E-state index contributed by atoms with van der Waals surface area (Å²) < 4.78 is 0. The summed E-state index contributed by atoms with van der Waals surface area (Å²) in [6, 6.07) is 4.73. The molecule has 2 N–H and O–H groups in total. The second-order valence-electron chi connectivity index (χ2n) is 4.35. The molecule has 0 fully saturated rings. The molecule has 1 unspecified atom stereocenters. The zero-order valence-corrected chi connectivity index (χ0v) is 11.4. The molecule has 0 radical (unpaired) electrons. The summed E-state index contributed by atoms with van der Waals surface area (Å²) in [6.45, 7) is 4.25. The number of amides is 1. The van der Waals surface area contributed by atoms with Gasteiger partial charge in [-0.2, -0.15) is 0 Å². The average molecular weight is 265 g/mol. The highest BCUT2D eigenvalue weighted by Gasteiger charge is 2.16. The van der Waals surface area contributed by atoms with Crippen LogP contribution in [0, 0.1) is 10.1 Å². The van der Waals surface area contributed by atoms with Crippen LogP contribution in [0.5, 0.6) is 0 Å². The Morgan fingerprint density at radius 2 is 2.16 bits per heavy atom. The van der Waals surface area contributed by atoms with Crippen molar-refractivity contribution in [3.8, 4) is 0 Å². The monoisotopic (exact) mass is 265 g/mol. The SMILES string of the molecule is CCc1ccc(C(=O)NCC(C)NC)cc1[N+](=O)[O-]. The van der Waals surface area contributed by atoms with Gasteiger partial charge in [-0.1, -0.05) is 13.0 Å². The summed E-state index contributed by atoms with van der Waals surface area (Å²) in [6.07, 6.45) is 0.564. The lowest BCUT2D eigenvalue weighted by Crippen LogP contribution is -2.37. The molecule has 0 saturated heterocycles. The Hall–Kier alpha value is -1.95. The highest BCUT2D eigenvalue weighted by Crippen LogP contribution is 2.20. The topological polar surface area (TPSA) is 84.3 Å². The lowest BCUT2D eigenvalue weighted by Gasteiger charge is -2.11. The molecule has 104 valence electrons. The van der Waals surface area contributed by atoms with E-state index in [0.29, 0.717) is 24.1 Å². The van der Waals surface area contributed by atoms with E-state index in [-0.39, 0.29) is 17.6 Å². The third-order valence-corrected chi connectivity index (χ3v) is 2.99. The Kier molecular flexibility index (Phi) is 5.44. The van der Waals surface area contributed by atoms with Crippen molar-refractivity contribution in [2.75, 3.05) is 13.6 Å².